The Morgan fingerprint density at radius 1 is 1.19 bits per heavy atom. The SMILES string of the molecule is Cc1csc(CCCCN=C(N)N2CCN(c3ccc(F)cc3)CC2)n1. The van der Waals surface area contributed by atoms with Gasteiger partial charge in [-0.05, 0) is 50.5 Å². The van der Waals surface area contributed by atoms with Gasteiger partial charge in [-0.25, -0.2) is 9.37 Å². The number of guanidine groups is 1. The van der Waals surface area contributed by atoms with Gasteiger partial charge in [0.1, 0.15) is 5.82 Å². The van der Waals surface area contributed by atoms with Gasteiger partial charge in [0, 0.05) is 49.5 Å². The van der Waals surface area contributed by atoms with E-state index in [-0.39, 0.29) is 5.82 Å². The van der Waals surface area contributed by atoms with Crippen LogP contribution in [0.3, 0.4) is 0 Å². The second kappa shape index (κ2) is 8.98. The highest BCUT2D eigenvalue weighted by atomic mass is 32.1. The summed E-state index contributed by atoms with van der Waals surface area (Å²) in [6, 6.07) is 6.66. The number of nitrogens with two attached hydrogens (primary N) is 1. The minimum atomic E-state index is -0.200. The number of hydrogen-bond acceptors (Lipinski definition) is 4. The predicted molar refractivity (Wildman–Crippen MR) is 106 cm³/mol. The summed E-state index contributed by atoms with van der Waals surface area (Å²) in [7, 11) is 0. The maximum atomic E-state index is 13.0. The van der Waals surface area contributed by atoms with Crippen LogP contribution in [0.25, 0.3) is 0 Å². The van der Waals surface area contributed by atoms with Gasteiger partial charge in [-0.2, -0.15) is 0 Å². The fraction of sp³-hybridized carbons (Fsp3) is 0.474. The highest BCUT2D eigenvalue weighted by Gasteiger charge is 2.18. The fourth-order valence-corrected chi connectivity index (χ4v) is 3.86. The summed E-state index contributed by atoms with van der Waals surface area (Å²) in [5.41, 5.74) is 8.30. The number of nitrogens with zero attached hydrogens (tertiary/aromatic N) is 4. The summed E-state index contributed by atoms with van der Waals surface area (Å²) in [5, 5.41) is 3.30. The van der Waals surface area contributed by atoms with Crippen molar-refractivity contribution in [3.05, 3.63) is 46.2 Å². The van der Waals surface area contributed by atoms with Crippen molar-refractivity contribution in [2.24, 2.45) is 10.7 Å². The molecule has 0 bridgehead atoms. The van der Waals surface area contributed by atoms with Crippen LogP contribution in [0.1, 0.15) is 23.5 Å². The molecule has 1 saturated heterocycles. The molecular formula is C19H26FN5S. The molecule has 0 aliphatic carbocycles. The van der Waals surface area contributed by atoms with E-state index in [4.69, 9.17) is 5.73 Å². The highest BCUT2D eigenvalue weighted by Crippen LogP contribution is 2.17. The molecular weight excluding hydrogens is 349 g/mol. The standard InChI is InChI=1S/C19H26FN5S/c1-15-14-26-18(23-15)4-2-3-9-22-19(21)25-12-10-24(11-13-25)17-7-5-16(20)6-8-17/h5-8,14H,2-4,9-13H2,1H3,(H2,21,22). The van der Waals surface area contributed by atoms with Crippen molar-refractivity contribution in [2.45, 2.75) is 26.2 Å². The minimum Gasteiger partial charge on any atom is -0.370 e. The van der Waals surface area contributed by atoms with Crippen LogP contribution in [0.4, 0.5) is 10.1 Å². The van der Waals surface area contributed by atoms with E-state index in [1.165, 1.54) is 17.1 Å². The average Bonchev–Trinajstić information content (AvgIpc) is 3.07. The lowest BCUT2D eigenvalue weighted by molar-refractivity contribution is 0.380. The minimum absolute atomic E-state index is 0.200. The molecule has 140 valence electrons. The zero-order valence-corrected chi connectivity index (χ0v) is 16.0. The van der Waals surface area contributed by atoms with Crippen LogP contribution in [0.2, 0.25) is 0 Å². The molecule has 1 aliphatic rings. The van der Waals surface area contributed by atoms with Gasteiger partial charge in [-0.3, -0.25) is 4.99 Å². The first-order valence-corrected chi connectivity index (χ1v) is 9.96. The number of thiazole rings is 1. The second-order valence-electron chi connectivity index (χ2n) is 6.53. The Morgan fingerprint density at radius 2 is 1.92 bits per heavy atom. The lowest BCUT2D eigenvalue weighted by Gasteiger charge is -2.36. The molecule has 1 fully saturated rings. The van der Waals surface area contributed by atoms with Crippen molar-refractivity contribution in [2.75, 3.05) is 37.6 Å². The van der Waals surface area contributed by atoms with Gasteiger partial charge in [0.15, 0.2) is 5.96 Å². The predicted octanol–water partition coefficient (Wildman–Crippen LogP) is 3.05. The van der Waals surface area contributed by atoms with E-state index in [1.54, 1.807) is 11.3 Å². The van der Waals surface area contributed by atoms with Gasteiger partial charge in [-0.15, -0.1) is 11.3 Å². The zero-order chi connectivity index (χ0) is 18.4. The first-order chi connectivity index (χ1) is 12.6. The lowest BCUT2D eigenvalue weighted by atomic mass is 10.2. The third kappa shape index (κ3) is 5.17. The Kier molecular flexibility index (Phi) is 6.44. The number of rotatable bonds is 6. The molecule has 0 radical (unpaired) electrons. The largest absolute Gasteiger partial charge is 0.370 e. The molecule has 0 unspecified atom stereocenters. The van der Waals surface area contributed by atoms with Crippen molar-refractivity contribution in [1.82, 2.24) is 9.88 Å². The second-order valence-corrected chi connectivity index (χ2v) is 7.47. The number of aryl methyl sites for hydroxylation is 2. The third-order valence-electron chi connectivity index (χ3n) is 4.53. The van der Waals surface area contributed by atoms with E-state index in [9.17, 15) is 4.39 Å². The first kappa shape index (κ1) is 18.6. The van der Waals surface area contributed by atoms with Gasteiger partial charge in [0.05, 0.1) is 5.01 Å². The molecule has 0 saturated carbocycles. The summed E-state index contributed by atoms with van der Waals surface area (Å²) >= 11 is 1.73. The van der Waals surface area contributed by atoms with Gasteiger partial charge >= 0.3 is 0 Å². The number of aliphatic imine (C=N–C) groups is 1. The Hall–Kier alpha value is -2.15. The van der Waals surface area contributed by atoms with E-state index in [0.29, 0.717) is 5.96 Å². The van der Waals surface area contributed by atoms with Crippen LogP contribution in [0.15, 0.2) is 34.6 Å². The van der Waals surface area contributed by atoms with Crippen molar-refractivity contribution in [1.29, 1.82) is 0 Å². The molecule has 0 spiro atoms. The third-order valence-corrected chi connectivity index (χ3v) is 5.56. The number of piperazine rings is 1. The van der Waals surface area contributed by atoms with Gasteiger partial charge in [-0.1, -0.05) is 0 Å². The van der Waals surface area contributed by atoms with Crippen LogP contribution in [0, 0.1) is 12.7 Å². The quantitative estimate of drug-likeness (QED) is 0.479. The van der Waals surface area contributed by atoms with Crippen molar-refractivity contribution in [3.8, 4) is 0 Å². The van der Waals surface area contributed by atoms with Gasteiger partial charge in [0.2, 0.25) is 0 Å². The van der Waals surface area contributed by atoms with Gasteiger partial charge in [0.25, 0.3) is 0 Å². The number of halogens is 1. The number of anilines is 1. The van der Waals surface area contributed by atoms with Crippen LogP contribution >= 0.6 is 11.3 Å². The number of benzene rings is 1. The van der Waals surface area contributed by atoms with E-state index in [1.807, 2.05) is 19.1 Å². The molecule has 5 nitrogen and oxygen atoms in total. The lowest BCUT2D eigenvalue weighted by Crippen LogP contribution is -2.51. The maximum Gasteiger partial charge on any atom is 0.191 e. The van der Waals surface area contributed by atoms with Crippen molar-refractivity contribution >= 4 is 23.0 Å². The molecule has 3 rings (SSSR count). The monoisotopic (exact) mass is 375 g/mol. The first-order valence-electron chi connectivity index (χ1n) is 9.08. The molecule has 1 aromatic carbocycles. The van der Waals surface area contributed by atoms with Crippen molar-refractivity contribution in [3.63, 3.8) is 0 Å². The molecule has 26 heavy (non-hydrogen) atoms. The maximum absolute atomic E-state index is 13.0. The van der Waals surface area contributed by atoms with Crippen molar-refractivity contribution < 1.29 is 4.39 Å². The number of hydrogen-bond donors (Lipinski definition) is 1. The van der Waals surface area contributed by atoms with Crippen LogP contribution in [-0.2, 0) is 6.42 Å². The fourth-order valence-electron chi connectivity index (χ4n) is 3.04. The van der Waals surface area contributed by atoms with E-state index < -0.39 is 0 Å². The molecule has 0 amide bonds. The van der Waals surface area contributed by atoms with Gasteiger partial charge < -0.3 is 15.5 Å². The smallest absolute Gasteiger partial charge is 0.191 e. The molecule has 2 N–H and O–H groups in total. The van der Waals surface area contributed by atoms with E-state index in [0.717, 1.165) is 63.4 Å². The molecule has 2 heterocycles. The summed E-state index contributed by atoms with van der Waals surface area (Å²) in [6.45, 7) is 6.20. The average molecular weight is 376 g/mol. The van der Waals surface area contributed by atoms with Crippen LogP contribution in [0.5, 0.6) is 0 Å². The van der Waals surface area contributed by atoms with Crippen LogP contribution < -0.4 is 10.6 Å². The normalized spacial score (nSPS) is 15.5. The van der Waals surface area contributed by atoms with E-state index >= 15 is 0 Å². The summed E-state index contributed by atoms with van der Waals surface area (Å²) < 4.78 is 13.0. The molecule has 2 aromatic rings. The number of aromatic nitrogens is 1. The van der Waals surface area contributed by atoms with Crippen LogP contribution in [-0.4, -0.2) is 48.6 Å². The molecule has 7 heteroatoms. The molecule has 0 atom stereocenters. The Labute approximate surface area is 158 Å². The van der Waals surface area contributed by atoms with E-state index in [2.05, 4.69) is 25.2 Å². The Balaban J connectivity index is 1.38. The Morgan fingerprint density at radius 3 is 2.58 bits per heavy atom. The highest BCUT2D eigenvalue weighted by molar-refractivity contribution is 7.09. The summed E-state index contributed by atoms with van der Waals surface area (Å²) in [4.78, 5) is 13.4. The number of unbranched alkanes of at least 4 members (excludes halogenated alkanes) is 1. The summed E-state index contributed by atoms with van der Waals surface area (Å²) in [6.07, 6.45) is 3.13. The topological polar surface area (TPSA) is 57.8 Å². The Bertz CT molecular complexity index is 720. The molecule has 1 aromatic heterocycles. The molecule has 1 aliphatic heterocycles. The summed E-state index contributed by atoms with van der Waals surface area (Å²) in [5.74, 6) is 0.433. The zero-order valence-electron chi connectivity index (χ0n) is 15.2.